The molecule has 0 aliphatic carbocycles. The van der Waals surface area contributed by atoms with Crippen LogP contribution in [0.3, 0.4) is 0 Å². The first-order valence-electron chi connectivity index (χ1n) is 5.27. The molecule has 0 radical (unpaired) electrons. The highest BCUT2D eigenvalue weighted by Gasteiger charge is 2.06. The van der Waals surface area contributed by atoms with Gasteiger partial charge in [0, 0.05) is 18.9 Å². The van der Waals surface area contributed by atoms with E-state index >= 15 is 0 Å². The third-order valence-electron chi connectivity index (χ3n) is 2.36. The molecule has 4 heteroatoms. The zero-order valence-electron chi connectivity index (χ0n) is 9.50. The summed E-state index contributed by atoms with van der Waals surface area (Å²) in [6.07, 6.45) is 3.47. The molecule has 0 amide bonds. The van der Waals surface area contributed by atoms with Crippen molar-refractivity contribution >= 4 is 28.7 Å². The third kappa shape index (κ3) is 3.01. The standard InChI is InChI=1S/C13H13N3S/c1-16(12-7-3-2-4-8-12)13(17)15-11-6-5-9-14-10-11/h2-10H,1H3,(H,15,17). The number of pyridine rings is 1. The number of aromatic nitrogens is 1. The molecule has 86 valence electrons. The van der Waals surface area contributed by atoms with Crippen LogP contribution in [0.2, 0.25) is 0 Å². The maximum Gasteiger partial charge on any atom is 0.177 e. The number of hydrogen-bond donors (Lipinski definition) is 1. The normalized spacial score (nSPS) is 9.71. The van der Waals surface area contributed by atoms with E-state index in [1.165, 1.54) is 0 Å². The van der Waals surface area contributed by atoms with Crippen LogP contribution < -0.4 is 10.2 Å². The first kappa shape index (κ1) is 11.5. The molecule has 2 rings (SSSR count). The molecule has 0 aliphatic heterocycles. The number of hydrogen-bond acceptors (Lipinski definition) is 2. The number of para-hydroxylation sites is 1. The van der Waals surface area contributed by atoms with Gasteiger partial charge in [0.25, 0.3) is 0 Å². The van der Waals surface area contributed by atoms with Crippen LogP contribution >= 0.6 is 12.2 Å². The van der Waals surface area contributed by atoms with E-state index in [1.807, 2.05) is 54.4 Å². The Morgan fingerprint density at radius 3 is 2.59 bits per heavy atom. The Labute approximate surface area is 106 Å². The monoisotopic (exact) mass is 243 g/mol. The maximum atomic E-state index is 5.33. The second kappa shape index (κ2) is 5.41. The molecule has 2 aromatic rings. The zero-order valence-corrected chi connectivity index (χ0v) is 10.3. The lowest BCUT2D eigenvalue weighted by molar-refractivity contribution is 1.27. The summed E-state index contributed by atoms with van der Waals surface area (Å²) >= 11 is 5.33. The highest BCUT2D eigenvalue weighted by molar-refractivity contribution is 7.80. The molecule has 0 atom stereocenters. The molecule has 17 heavy (non-hydrogen) atoms. The Kier molecular flexibility index (Phi) is 3.67. The van der Waals surface area contributed by atoms with Crippen LogP contribution in [0.1, 0.15) is 0 Å². The van der Waals surface area contributed by atoms with Crippen LogP contribution in [-0.2, 0) is 0 Å². The van der Waals surface area contributed by atoms with Gasteiger partial charge in [-0.2, -0.15) is 0 Å². The Hall–Kier alpha value is -1.94. The minimum Gasteiger partial charge on any atom is -0.331 e. The van der Waals surface area contributed by atoms with E-state index in [1.54, 1.807) is 12.4 Å². The quantitative estimate of drug-likeness (QED) is 0.821. The van der Waals surface area contributed by atoms with Crippen molar-refractivity contribution in [2.45, 2.75) is 0 Å². The Bertz CT molecular complexity index is 485. The van der Waals surface area contributed by atoms with Gasteiger partial charge in [-0.3, -0.25) is 4.98 Å². The van der Waals surface area contributed by atoms with Crippen molar-refractivity contribution in [3.05, 3.63) is 54.9 Å². The van der Waals surface area contributed by atoms with Gasteiger partial charge in [0.1, 0.15) is 0 Å². The van der Waals surface area contributed by atoms with Crippen molar-refractivity contribution in [3.63, 3.8) is 0 Å². The molecule has 0 spiro atoms. The Balaban J connectivity index is 2.06. The fourth-order valence-corrected chi connectivity index (χ4v) is 1.64. The fraction of sp³-hybridized carbons (Fsp3) is 0.0769. The van der Waals surface area contributed by atoms with Crippen LogP contribution in [-0.4, -0.2) is 17.1 Å². The fourth-order valence-electron chi connectivity index (χ4n) is 1.41. The minimum absolute atomic E-state index is 0.643. The molecule has 0 bridgehead atoms. The van der Waals surface area contributed by atoms with Gasteiger partial charge < -0.3 is 10.2 Å². The number of rotatable bonds is 2. The molecule has 0 fully saturated rings. The van der Waals surface area contributed by atoms with Gasteiger partial charge >= 0.3 is 0 Å². The van der Waals surface area contributed by atoms with Crippen molar-refractivity contribution in [2.75, 3.05) is 17.3 Å². The highest BCUT2D eigenvalue weighted by Crippen LogP contribution is 2.13. The molecule has 0 unspecified atom stereocenters. The largest absolute Gasteiger partial charge is 0.331 e. The summed E-state index contributed by atoms with van der Waals surface area (Å²) in [7, 11) is 1.93. The van der Waals surface area contributed by atoms with Crippen molar-refractivity contribution < 1.29 is 0 Å². The lowest BCUT2D eigenvalue weighted by atomic mass is 10.3. The van der Waals surface area contributed by atoms with Gasteiger partial charge in [-0.15, -0.1) is 0 Å². The summed E-state index contributed by atoms with van der Waals surface area (Å²) < 4.78 is 0. The topological polar surface area (TPSA) is 28.2 Å². The molecular formula is C13H13N3S. The average Bonchev–Trinajstić information content (AvgIpc) is 2.40. The summed E-state index contributed by atoms with van der Waals surface area (Å²) in [6.45, 7) is 0. The molecule has 0 aliphatic rings. The average molecular weight is 243 g/mol. The van der Waals surface area contributed by atoms with Gasteiger partial charge in [-0.1, -0.05) is 18.2 Å². The smallest absolute Gasteiger partial charge is 0.177 e. The summed E-state index contributed by atoms with van der Waals surface area (Å²) in [5, 5.41) is 3.78. The highest BCUT2D eigenvalue weighted by atomic mass is 32.1. The molecule has 1 aromatic carbocycles. The van der Waals surface area contributed by atoms with Crippen LogP contribution in [0.25, 0.3) is 0 Å². The van der Waals surface area contributed by atoms with Crippen LogP contribution in [0.5, 0.6) is 0 Å². The second-order valence-corrected chi connectivity index (χ2v) is 3.95. The molecule has 1 heterocycles. The van der Waals surface area contributed by atoms with Crippen molar-refractivity contribution in [2.24, 2.45) is 0 Å². The van der Waals surface area contributed by atoms with Crippen molar-refractivity contribution in [3.8, 4) is 0 Å². The molecule has 1 aromatic heterocycles. The molecule has 0 saturated heterocycles. The summed E-state index contributed by atoms with van der Waals surface area (Å²) in [5.41, 5.74) is 1.94. The van der Waals surface area contributed by atoms with Crippen LogP contribution in [0, 0.1) is 0 Å². The number of nitrogens with one attached hydrogen (secondary N) is 1. The SMILES string of the molecule is CN(C(=S)Nc1cccnc1)c1ccccc1. The summed E-state index contributed by atoms with van der Waals surface area (Å²) in [4.78, 5) is 5.95. The van der Waals surface area contributed by atoms with E-state index in [0.717, 1.165) is 11.4 Å². The maximum absolute atomic E-state index is 5.33. The first-order chi connectivity index (χ1) is 8.27. The molecule has 1 N–H and O–H groups in total. The van der Waals surface area contributed by atoms with Gasteiger partial charge in [0.2, 0.25) is 0 Å². The van der Waals surface area contributed by atoms with Crippen molar-refractivity contribution in [1.82, 2.24) is 4.98 Å². The lowest BCUT2D eigenvalue weighted by Gasteiger charge is -2.20. The Morgan fingerprint density at radius 2 is 1.94 bits per heavy atom. The van der Waals surface area contributed by atoms with E-state index in [-0.39, 0.29) is 0 Å². The molecular weight excluding hydrogens is 230 g/mol. The van der Waals surface area contributed by atoms with Gasteiger partial charge in [0.15, 0.2) is 5.11 Å². The molecule has 0 saturated carbocycles. The second-order valence-electron chi connectivity index (χ2n) is 3.57. The van der Waals surface area contributed by atoms with E-state index < -0.39 is 0 Å². The number of anilines is 2. The lowest BCUT2D eigenvalue weighted by Crippen LogP contribution is -2.30. The van der Waals surface area contributed by atoms with Gasteiger partial charge in [-0.05, 0) is 36.5 Å². The summed E-state index contributed by atoms with van der Waals surface area (Å²) in [6, 6.07) is 13.8. The predicted molar refractivity (Wildman–Crippen MR) is 75.3 cm³/mol. The van der Waals surface area contributed by atoms with E-state index in [4.69, 9.17) is 12.2 Å². The van der Waals surface area contributed by atoms with E-state index in [9.17, 15) is 0 Å². The van der Waals surface area contributed by atoms with E-state index in [2.05, 4.69) is 10.3 Å². The van der Waals surface area contributed by atoms with Crippen LogP contribution in [0.4, 0.5) is 11.4 Å². The zero-order chi connectivity index (χ0) is 12.1. The van der Waals surface area contributed by atoms with Crippen molar-refractivity contribution in [1.29, 1.82) is 0 Å². The Morgan fingerprint density at radius 1 is 1.18 bits per heavy atom. The van der Waals surface area contributed by atoms with Gasteiger partial charge in [-0.25, -0.2) is 0 Å². The van der Waals surface area contributed by atoms with Crippen LogP contribution in [0.15, 0.2) is 54.9 Å². The van der Waals surface area contributed by atoms with E-state index in [0.29, 0.717) is 5.11 Å². The number of thiocarbonyl (C=S) groups is 1. The summed E-state index contributed by atoms with van der Waals surface area (Å²) in [5.74, 6) is 0. The first-order valence-corrected chi connectivity index (χ1v) is 5.68. The molecule has 3 nitrogen and oxygen atoms in total. The minimum atomic E-state index is 0.643. The number of benzene rings is 1. The van der Waals surface area contributed by atoms with Gasteiger partial charge in [0.05, 0.1) is 11.9 Å². The number of nitrogens with zero attached hydrogens (tertiary/aromatic N) is 2. The third-order valence-corrected chi connectivity index (χ3v) is 2.74. The predicted octanol–water partition coefficient (Wildman–Crippen LogP) is 2.91.